The topological polar surface area (TPSA) is 64.4 Å². The SMILES string of the molecule is NC(=O)c1ccc(CNC2CCOC2C2CC2)c(Cl)c1. The Morgan fingerprint density at radius 2 is 2.20 bits per heavy atom. The van der Waals surface area contributed by atoms with Crippen LogP contribution in [0, 0.1) is 5.92 Å². The zero-order chi connectivity index (χ0) is 14.1. The first-order chi connectivity index (χ1) is 9.65. The lowest BCUT2D eigenvalue weighted by Gasteiger charge is -2.20. The molecule has 0 bridgehead atoms. The number of amides is 1. The van der Waals surface area contributed by atoms with Crippen LogP contribution >= 0.6 is 11.6 Å². The minimum Gasteiger partial charge on any atom is -0.376 e. The van der Waals surface area contributed by atoms with Crippen LogP contribution in [0.2, 0.25) is 5.02 Å². The van der Waals surface area contributed by atoms with Crippen molar-refractivity contribution in [1.82, 2.24) is 5.32 Å². The number of carbonyl (C=O) groups excluding carboxylic acids is 1. The van der Waals surface area contributed by atoms with Crippen LogP contribution in [0.4, 0.5) is 0 Å². The van der Waals surface area contributed by atoms with Crippen molar-refractivity contribution in [2.45, 2.75) is 38.0 Å². The van der Waals surface area contributed by atoms with Crippen LogP contribution in [0.3, 0.4) is 0 Å². The molecule has 5 heteroatoms. The molecule has 2 fully saturated rings. The van der Waals surface area contributed by atoms with E-state index in [4.69, 9.17) is 22.1 Å². The summed E-state index contributed by atoms with van der Waals surface area (Å²) in [5.41, 5.74) is 6.66. The van der Waals surface area contributed by atoms with Gasteiger partial charge in [0.05, 0.1) is 6.10 Å². The van der Waals surface area contributed by atoms with Gasteiger partial charge in [-0.25, -0.2) is 0 Å². The van der Waals surface area contributed by atoms with Crippen molar-refractivity contribution in [3.05, 3.63) is 34.3 Å². The van der Waals surface area contributed by atoms with Crippen LogP contribution in [-0.4, -0.2) is 24.7 Å². The molecule has 1 saturated carbocycles. The number of benzene rings is 1. The van der Waals surface area contributed by atoms with Crippen LogP contribution in [0.5, 0.6) is 0 Å². The first kappa shape index (κ1) is 13.9. The Kier molecular flexibility index (Phi) is 3.96. The minimum atomic E-state index is -0.454. The standard InChI is InChI=1S/C15H19ClN2O2/c16-12-7-10(15(17)19)3-4-11(12)8-18-13-5-6-20-14(13)9-1-2-9/h3-4,7,9,13-14,18H,1-2,5-6,8H2,(H2,17,19). The molecule has 0 spiro atoms. The monoisotopic (exact) mass is 294 g/mol. The van der Waals surface area contributed by atoms with Gasteiger partial charge in [-0.05, 0) is 42.9 Å². The van der Waals surface area contributed by atoms with Crippen LogP contribution in [0.1, 0.15) is 35.2 Å². The Bertz CT molecular complexity index is 517. The van der Waals surface area contributed by atoms with E-state index >= 15 is 0 Å². The van der Waals surface area contributed by atoms with Gasteiger partial charge in [0.15, 0.2) is 0 Å². The number of hydrogen-bond donors (Lipinski definition) is 2. The number of carbonyl (C=O) groups is 1. The zero-order valence-corrected chi connectivity index (χ0v) is 12.0. The molecule has 2 aliphatic rings. The number of primary amides is 1. The third-order valence-corrected chi connectivity index (χ3v) is 4.47. The third kappa shape index (κ3) is 2.97. The molecule has 3 N–H and O–H groups in total. The summed E-state index contributed by atoms with van der Waals surface area (Å²) in [5.74, 6) is 0.284. The number of ether oxygens (including phenoxy) is 1. The zero-order valence-electron chi connectivity index (χ0n) is 11.3. The van der Waals surface area contributed by atoms with Gasteiger partial charge in [-0.3, -0.25) is 4.79 Å². The van der Waals surface area contributed by atoms with E-state index in [1.165, 1.54) is 12.8 Å². The molecular weight excluding hydrogens is 276 g/mol. The number of rotatable bonds is 5. The molecule has 108 valence electrons. The minimum absolute atomic E-state index is 0.360. The Morgan fingerprint density at radius 1 is 1.40 bits per heavy atom. The van der Waals surface area contributed by atoms with Gasteiger partial charge >= 0.3 is 0 Å². The molecule has 4 nitrogen and oxygen atoms in total. The Labute approximate surface area is 123 Å². The second kappa shape index (κ2) is 5.72. The molecule has 0 aromatic heterocycles. The van der Waals surface area contributed by atoms with Gasteiger partial charge in [-0.2, -0.15) is 0 Å². The smallest absolute Gasteiger partial charge is 0.248 e. The predicted molar refractivity (Wildman–Crippen MR) is 77.7 cm³/mol. The van der Waals surface area contributed by atoms with Crippen LogP contribution in [0.25, 0.3) is 0 Å². The molecule has 1 aliphatic carbocycles. The van der Waals surface area contributed by atoms with Crippen molar-refractivity contribution in [3.8, 4) is 0 Å². The van der Waals surface area contributed by atoms with Crippen molar-refractivity contribution in [3.63, 3.8) is 0 Å². The lowest BCUT2D eigenvalue weighted by atomic mass is 10.1. The average Bonchev–Trinajstić information content (AvgIpc) is 3.16. The maximum Gasteiger partial charge on any atom is 0.248 e. The van der Waals surface area contributed by atoms with Crippen LogP contribution in [0.15, 0.2) is 18.2 Å². The third-order valence-electron chi connectivity index (χ3n) is 4.11. The Balaban J connectivity index is 1.61. The first-order valence-electron chi connectivity index (χ1n) is 7.08. The summed E-state index contributed by atoms with van der Waals surface area (Å²) in [6.45, 7) is 1.53. The molecule has 2 unspecified atom stereocenters. The van der Waals surface area contributed by atoms with Gasteiger partial charge in [0.1, 0.15) is 0 Å². The van der Waals surface area contributed by atoms with E-state index in [2.05, 4.69) is 5.32 Å². The number of hydrogen-bond acceptors (Lipinski definition) is 3. The lowest BCUT2D eigenvalue weighted by Crippen LogP contribution is -2.37. The second-order valence-corrected chi connectivity index (χ2v) is 6.03. The molecule has 20 heavy (non-hydrogen) atoms. The Morgan fingerprint density at radius 3 is 2.85 bits per heavy atom. The van der Waals surface area contributed by atoms with Gasteiger partial charge in [0.25, 0.3) is 0 Å². The van der Waals surface area contributed by atoms with E-state index in [0.717, 1.165) is 24.5 Å². The predicted octanol–water partition coefficient (Wildman–Crippen LogP) is 2.10. The van der Waals surface area contributed by atoms with E-state index in [1.807, 2.05) is 6.07 Å². The fraction of sp³-hybridized carbons (Fsp3) is 0.533. The molecule has 3 rings (SSSR count). The normalized spacial score (nSPS) is 25.9. The number of nitrogens with two attached hydrogens (primary N) is 1. The molecule has 1 heterocycles. The largest absolute Gasteiger partial charge is 0.376 e. The van der Waals surface area contributed by atoms with Gasteiger partial charge in [0.2, 0.25) is 5.91 Å². The second-order valence-electron chi connectivity index (χ2n) is 5.62. The lowest BCUT2D eigenvalue weighted by molar-refractivity contribution is 0.0809. The fourth-order valence-electron chi connectivity index (χ4n) is 2.80. The van der Waals surface area contributed by atoms with E-state index in [1.54, 1.807) is 12.1 Å². The summed E-state index contributed by atoms with van der Waals surface area (Å²) < 4.78 is 5.80. The molecular formula is C15H19ClN2O2. The molecule has 2 atom stereocenters. The highest BCUT2D eigenvalue weighted by atomic mass is 35.5. The van der Waals surface area contributed by atoms with Gasteiger partial charge in [0, 0.05) is 29.8 Å². The van der Waals surface area contributed by atoms with Gasteiger partial charge < -0.3 is 15.8 Å². The average molecular weight is 295 g/mol. The molecule has 0 radical (unpaired) electrons. The summed E-state index contributed by atoms with van der Waals surface area (Å²) in [4.78, 5) is 11.1. The highest BCUT2D eigenvalue weighted by Crippen LogP contribution is 2.38. The maximum absolute atomic E-state index is 11.1. The van der Waals surface area contributed by atoms with E-state index in [9.17, 15) is 4.79 Å². The van der Waals surface area contributed by atoms with Crippen LogP contribution < -0.4 is 11.1 Å². The quantitative estimate of drug-likeness (QED) is 0.874. The van der Waals surface area contributed by atoms with Crippen molar-refractivity contribution in [2.75, 3.05) is 6.61 Å². The number of halogens is 1. The van der Waals surface area contributed by atoms with Crippen LogP contribution in [-0.2, 0) is 11.3 Å². The van der Waals surface area contributed by atoms with Gasteiger partial charge in [-0.1, -0.05) is 17.7 Å². The fourth-order valence-corrected chi connectivity index (χ4v) is 3.05. The molecule has 1 aromatic rings. The summed E-state index contributed by atoms with van der Waals surface area (Å²) >= 11 is 6.19. The van der Waals surface area contributed by atoms with Crippen molar-refractivity contribution in [2.24, 2.45) is 11.7 Å². The summed E-state index contributed by atoms with van der Waals surface area (Å²) in [6, 6.07) is 5.62. The highest BCUT2D eigenvalue weighted by Gasteiger charge is 2.40. The maximum atomic E-state index is 11.1. The Hall–Kier alpha value is -1.10. The molecule has 1 saturated heterocycles. The van der Waals surface area contributed by atoms with E-state index < -0.39 is 5.91 Å². The number of nitrogens with one attached hydrogen (secondary N) is 1. The van der Waals surface area contributed by atoms with E-state index in [-0.39, 0.29) is 0 Å². The molecule has 1 aromatic carbocycles. The summed E-state index contributed by atoms with van der Waals surface area (Å²) in [6.07, 6.45) is 3.99. The first-order valence-corrected chi connectivity index (χ1v) is 7.46. The van der Waals surface area contributed by atoms with Crippen molar-refractivity contribution in [1.29, 1.82) is 0 Å². The van der Waals surface area contributed by atoms with E-state index in [0.29, 0.717) is 29.3 Å². The van der Waals surface area contributed by atoms with Crippen molar-refractivity contribution < 1.29 is 9.53 Å². The summed E-state index contributed by atoms with van der Waals surface area (Å²) in [5, 5.41) is 4.11. The molecule has 1 amide bonds. The summed E-state index contributed by atoms with van der Waals surface area (Å²) in [7, 11) is 0. The van der Waals surface area contributed by atoms with Crippen molar-refractivity contribution >= 4 is 17.5 Å². The molecule has 1 aliphatic heterocycles. The highest BCUT2D eigenvalue weighted by molar-refractivity contribution is 6.31. The van der Waals surface area contributed by atoms with Gasteiger partial charge in [-0.15, -0.1) is 0 Å².